The van der Waals surface area contributed by atoms with Crippen molar-refractivity contribution in [1.82, 2.24) is 0 Å². The molecule has 0 fully saturated rings. The lowest BCUT2D eigenvalue weighted by Crippen LogP contribution is -2.26. The quantitative estimate of drug-likeness (QED) is 0.375. The minimum absolute atomic E-state index is 0.0268. The van der Waals surface area contributed by atoms with Gasteiger partial charge in [-0.25, -0.2) is 0 Å². The predicted octanol–water partition coefficient (Wildman–Crippen LogP) is 6.66. The first kappa shape index (κ1) is 24.4. The second-order valence-electron chi connectivity index (χ2n) is 9.51. The van der Waals surface area contributed by atoms with Gasteiger partial charge >= 0.3 is 8.60 Å². The zero-order chi connectivity index (χ0) is 23.4. The lowest BCUT2D eigenvalue weighted by molar-refractivity contribution is 0.117. The van der Waals surface area contributed by atoms with Gasteiger partial charge in [0.1, 0.15) is 11.9 Å². The van der Waals surface area contributed by atoms with E-state index >= 15 is 0 Å². The summed E-state index contributed by atoms with van der Waals surface area (Å²) < 4.78 is 11.6. The third-order valence-electron chi connectivity index (χ3n) is 5.80. The molecule has 0 aromatic heterocycles. The van der Waals surface area contributed by atoms with Crippen LogP contribution in [-0.4, -0.2) is 16.4 Å². The van der Waals surface area contributed by atoms with Crippen LogP contribution in [0, 0.1) is 0 Å². The van der Waals surface area contributed by atoms with E-state index in [9.17, 15) is 9.79 Å². The molecule has 0 heterocycles. The summed E-state index contributed by atoms with van der Waals surface area (Å²) in [5.74, 6) is 0.700. The molecule has 0 aliphatic carbocycles. The highest BCUT2D eigenvalue weighted by atomic mass is 31.2. The van der Waals surface area contributed by atoms with E-state index in [-0.39, 0.29) is 17.4 Å². The van der Waals surface area contributed by atoms with Crippen molar-refractivity contribution in [2.75, 3.05) is 6.61 Å². The highest BCUT2D eigenvalue weighted by molar-refractivity contribution is 7.39. The summed E-state index contributed by atoms with van der Waals surface area (Å²) in [6.07, 6.45) is -0.512. The van der Waals surface area contributed by atoms with Gasteiger partial charge in [-0.3, -0.25) is 0 Å². The van der Waals surface area contributed by atoms with Gasteiger partial charge in [0.2, 0.25) is 0 Å². The van der Waals surface area contributed by atoms with Gasteiger partial charge in [0.05, 0.1) is 6.61 Å². The summed E-state index contributed by atoms with van der Waals surface area (Å²) in [7, 11) is -2.49. The van der Waals surface area contributed by atoms with Crippen molar-refractivity contribution < 1.29 is 19.0 Å². The first-order valence-corrected chi connectivity index (χ1v) is 12.0. The second kappa shape index (κ2) is 10.1. The molecule has 0 aliphatic heterocycles. The Balaban J connectivity index is 2.15. The molecule has 170 valence electrons. The van der Waals surface area contributed by atoms with Crippen LogP contribution in [0.5, 0.6) is 5.75 Å². The Labute approximate surface area is 192 Å². The number of hydrogen-bond donors (Lipinski definition) is 2. The molecule has 32 heavy (non-hydrogen) atoms. The van der Waals surface area contributed by atoms with Crippen LogP contribution >= 0.6 is 8.60 Å². The molecule has 0 spiro atoms. The van der Waals surface area contributed by atoms with Gasteiger partial charge in [-0.15, -0.1) is 0 Å². The lowest BCUT2D eigenvalue weighted by atomic mass is 9.73. The first-order valence-electron chi connectivity index (χ1n) is 10.8. The maximum absolute atomic E-state index is 9.45. The fourth-order valence-corrected chi connectivity index (χ4v) is 4.13. The van der Waals surface area contributed by atoms with E-state index in [0.29, 0.717) is 5.75 Å². The van der Waals surface area contributed by atoms with Gasteiger partial charge < -0.3 is 19.0 Å². The molecule has 0 saturated carbocycles. The van der Waals surface area contributed by atoms with Crippen LogP contribution in [0.25, 0.3) is 0 Å². The zero-order valence-corrected chi connectivity index (χ0v) is 20.3. The molecule has 1 unspecified atom stereocenters. The zero-order valence-electron chi connectivity index (χ0n) is 19.4. The van der Waals surface area contributed by atoms with E-state index in [1.807, 2.05) is 48.5 Å². The summed E-state index contributed by atoms with van der Waals surface area (Å²) in [5, 5.41) is 0. The molecule has 3 aromatic rings. The monoisotopic (exact) mass is 452 g/mol. The van der Waals surface area contributed by atoms with E-state index in [0.717, 1.165) is 11.1 Å². The van der Waals surface area contributed by atoms with Crippen LogP contribution in [0.2, 0.25) is 0 Å². The maximum atomic E-state index is 9.45. The normalized spacial score (nSPS) is 13.2. The summed E-state index contributed by atoms with van der Waals surface area (Å²) >= 11 is 0. The van der Waals surface area contributed by atoms with Crippen molar-refractivity contribution in [2.24, 2.45) is 0 Å². The Morgan fingerprint density at radius 2 is 1.38 bits per heavy atom. The molecular weight excluding hydrogens is 419 g/mol. The van der Waals surface area contributed by atoms with Crippen LogP contribution in [0.3, 0.4) is 0 Å². The smallest absolute Gasteiger partial charge is 0.327 e. The molecular formula is C27H33O4P. The highest BCUT2D eigenvalue weighted by Crippen LogP contribution is 2.40. The number of rotatable bonds is 8. The summed E-state index contributed by atoms with van der Waals surface area (Å²) in [6.45, 7) is 11.0. The van der Waals surface area contributed by atoms with Crippen molar-refractivity contribution in [3.05, 3.63) is 101 Å². The van der Waals surface area contributed by atoms with Crippen molar-refractivity contribution in [1.29, 1.82) is 0 Å². The molecule has 4 nitrogen and oxygen atoms in total. The maximum Gasteiger partial charge on any atom is 0.327 e. The van der Waals surface area contributed by atoms with Crippen LogP contribution in [-0.2, 0) is 15.4 Å². The Morgan fingerprint density at radius 3 is 1.94 bits per heavy atom. The largest absolute Gasteiger partial charge is 0.483 e. The number of para-hydroxylation sites is 1. The molecule has 0 amide bonds. The molecule has 5 heteroatoms. The lowest BCUT2D eigenvalue weighted by Gasteiger charge is -2.33. The molecule has 3 rings (SSSR count). The topological polar surface area (TPSA) is 58.9 Å². The average molecular weight is 453 g/mol. The minimum atomic E-state index is -2.49. The number of hydrogen-bond acceptors (Lipinski definition) is 4. The third-order valence-corrected chi connectivity index (χ3v) is 6.18. The van der Waals surface area contributed by atoms with Crippen molar-refractivity contribution in [3.63, 3.8) is 0 Å². The van der Waals surface area contributed by atoms with Crippen LogP contribution in [0.4, 0.5) is 0 Å². The summed E-state index contributed by atoms with van der Waals surface area (Å²) in [4.78, 5) is 18.9. The van der Waals surface area contributed by atoms with Gasteiger partial charge in [-0.2, -0.15) is 0 Å². The van der Waals surface area contributed by atoms with Crippen molar-refractivity contribution in [2.45, 2.75) is 51.6 Å². The Hall–Kier alpha value is -2.23. The van der Waals surface area contributed by atoms with Crippen molar-refractivity contribution in [3.8, 4) is 5.75 Å². The Kier molecular flexibility index (Phi) is 7.74. The van der Waals surface area contributed by atoms with E-state index in [1.165, 1.54) is 11.1 Å². The molecule has 0 aliphatic rings. The third kappa shape index (κ3) is 5.96. The van der Waals surface area contributed by atoms with E-state index in [2.05, 4.69) is 65.0 Å². The minimum Gasteiger partial charge on any atom is -0.483 e. The first-order chi connectivity index (χ1) is 15.1. The highest BCUT2D eigenvalue weighted by Gasteiger charge is 2.31. The van der Waals surface area contributed by atoms with E-state index in [1.54, 1.807) is 0 Å². The number of ether oxygens (including phenoxy) is 1. The van der Waals surface area contributed by atoms with Gasteiger partial charge in [-0.05, 0) is 39.8 Å². The Bertz CT molecular complexity index is 995. The molecule has 0 radical (unpaired) electrons. The second-order valence-corrected chi connectivity index (χ2v) is 10.3. The number of benzene rings is 3. The van der Waals surface area contributed by atoms with E-state index in [4.69, 9.17) is 9.26 Å². The Morgan fingerprint density at radius 1 is 0.781 bits per heavy atom. The van der Waals surface area contributed by atoms with Crippen LogP contribution in [0.15, 0.2) is 78.9 Å². The molecule has 0 saturated heterocycles. The van der Waals surface area contributed by atoms with Gasteiger partial charge in [-0.1, -0.05) is 101 Å². The predicted molar refractivity (Wildman–Crippen MR) is 131 cm³/mol. The molecule has 2 N–H and O–H groups in total. The molecule has 1 atom stereocenters. The summed E-state index contributed by atoms with van der Waals surface area (Å²) in [6, 6.07) is 26.4. The van der Waals surface area contributed by atoms with Gasteiger partial charge in [0.15, 0.2) is 0 Å². The van der Waals surface area contributed by atoms with Crippen LogP contribution in [0.1, 0.15) is 63.0 Å². The fraction of sp³-hybridized carbons (Fsp3) is 0.333. The molecule has 0 bridgehead atoms. The summed E-state index contributed by atoms with van der Waals surface area (Å²) in [5.41, 5.74) is 4.11. The standard InChI is InChI=1S/C27H33O4P/c1-26(2,3)21-16-17-24(27(4,5)20-12-8-6-9-13-20)23(18-21)25(19-30-32(28)29)31-22-14-10-7-11-15-22/h6-18,25,28-29H,19H2,1-5H3. The SMILES string of the molecule is CC(C)(C)c1ccc(C(C)(C)c2ccccc2)c(C(COP(O)O)Oc2ccccc2)c1. The van der Waals surface area contributed by atoms with Gasteiger partial charge in [0, 0.05) is 5.41 Å². The van der Waals surface area contributed by atoms with E-state index < -0.39 is 14.7 Å². The van der Waals surface area contributed by atoms with Crippen LogP contribution < -0.4 is 4.74 Å². The average Bonchev–Trinajstić information content (AvgIpc) is 2.77. The van der Waals surface area contributed by atoms with Gasteiger partial charge in [0.25, 0.3) is 0 Å². The van der Waals surface area contributed by atoms with Crippen molar-refractivity contribution >= 4 is 8.60 Å². The molecule has 3 aromatic carbocycles. The fourth-order valence-electron chi connectivity index (χ4n) is 3.86.